The minimum Gasteiger partial charge on any atom is -0.455 e. The van der Waals surface area contributed by atoms with Gasteiger partial charge in [0.15, 0.2) is 0 Å². The van der Waals surface area contributed by atoms with E-state index in [-0.39, 0.29) is 50.3 Å². The van der Waals surface area contributed by atoms with Gasteiger partial charge < -0.3 is 4.42 Å². The fourth-order valence-corrected chi connectivity index (χ4v) is 6.14. The Bertz CT molecular complexity index is 3150. The van der Waals surface area contributed by atoms with Crippen LogP contribution in [-0.4, -0.2) is 0 Å². The Morgan fingerprint density at radius 3 is 1.95 bits per heavy atom. The average molecular weight is 559 g/mol. The number of hydrogen-bond donors (Lipinski definition) is 0. The molecular formula is C42H26O. The van der Waals surface area contributed by atoms with Crippen LogP contribution < -0.4 is 0 Å². The molecule has 1 heterocycles. The van der Waals surface area contributed by atoms with Gasteiger partial charge in [-0.1, -0.05) is 145 Å². The first-order chi connectivity index (χ1) is 26.3. The fourth-order valence-electron chi connectivity index (χ4n) is 6.14. The molecule has 0 atom stereocenters. The van der Waals surface area contributed by atoms with Gasteiger partial charge in [-0.3, -0.25) is 0 Å². The van der Waals surface area contributed by atoms with Crippen molar-refractivity contribution >= 4 is 54.3 Å². The SMILES string of the molecule is [2H]c1c([2H])c([2H])c(-c2c3c([2H])c([2H])c([2H])c([2H])c3c(-c3cccc4c3oc3ccccc34)c3c([2H])c(-c4cccc5ccccc45)c([2H])c([2H])c23)c([2H])c1[2H]. The van der Waals surface area contributed by atoms with Crippen molar-refractivity contribution in [2.75, 3.05) is 0 Å². The van der Waals surface area contributed by atoms with Gasteiger partial charge >= 0.3 is 0 Å². The predicted octanol–water partition coefficient (Wildman–Crippen LogP) is 12.0. The van der Waals surface area contributed by atoms with Crippen LogP contribution in [0.3, 0.4) is 0 Å². The topological polar surface area (TPSA) is 13.1 Å². The van der Waals surface area contributed by atoms with E-state index in [1.807, 2.05) is 54.6 Å². The number of hydrogen-bond acceptors (Lipinski definition) is 1. The van der Waals surface area contributed by atoms with Crippen LogP contribution in [0.25, 0.3) is 87.6 Å². The van der Waals surface area contributed by atoms with Crippen molar-refractivity contribution in [3.05, 3.63) is 157 Å². The molecule has 0 aliphatic rings. The highest BCUT2D eigenvalue weighted by atomic mass is 16.3. The highest BCUT2D eigenvalue weighted by molar-refractivity contribution is 6.24. The Morgan fingerprint density at radius 2 is 1.07 bits per heavy atom. The van der Waals surface area contributed by atoms with Crippen LogP contribution in [0, 0.1) is 0 Å². The molecular weight excluding hydrogens is 520 g/mol. The van der Waals surface area contributed by atoms with E-state index in [0.717, 1.165) is 10.8 Å². The van der Waals surface area contributed by atoms with Crippen molar-refractivity contribution < 1.29 is 20.9 Å². The van der Waals surface area contributed by atoms with Gasteiger partial charge in [0.1, 0.15) is 11.2 Å². The summed E-state index contributed by atoms with van der Waals surface area (Å²) < 4.78 is 116. The fraction of sp³-hybridized carbons (Fsp3) is 0. The van der Waals surface area contributed by atoms with Crippen molar-refractivity contribution in [2.24, 2.45) is 0 Å². The van der Waals surface area contributed by atoms with Crippen LogP contribution in [0.15, 0.2) is 162 Å². The van der Waals surface area contributed by atoms with Crippen LogP contribution in [0.4, 0.5) is 0 Å². The maximum atomic E-state index is 10.1. The molecule has 0 radical (unpaired) electrons. The first kappa shape index (κ1) is 15.0. The minimum atomic E-state index is -0.689. The van der Waals surface area contributed by atoms with Crippen LogP contribution in [-0.2, 0) is 0 Å². The molecule has 9 rings (SSSR count). The van der Waals surface area contributed by atoms with Crippen molar-refractivity contribution in [1.82, 2.24) is 0 Å². The third-order valence-electron chi connectivity index (χ3n) is 7.98. The highest BCUT2D eigenvalue weighted by Gasteiger charge is 2.21. The minimum absolute atomic E-state index is 0.00349. The van der Waals surface area contributed by atoms with E-state index in [2.05, 4.69) is 0 Å². The van der Waals surface area contributed by atoms with Crippen molar-refractivity contribution in [3.63, 3.8) is 0 Å². The highest BCUT2D eigenvalue weighted by Crippen LogP contribution is 2.47. The molecule has 8 aromatic carbocycles. The number of fused-ring (bicyclic) bond motifs is 6. The van der Waals surface area contributed by atoms with Crippen LogP contribution >= 0.6 is 0 Å². The molecule has 0 N–H and O–H groups in total. The molecule has 0 saturated carbocycles. The zero-order valence-corrected chi connectivity index (χ0v) is 22.5. The molecule has 1 heteroatoms. The number of benzene rings is 8. The molecule has 1 aromatic heterocycles. The Labute approximate surface area is 266 Å². The van der Waals surface area contributed by atoms with E-state index in [4.69, 9.17) is 14.0 Å². The molecule has 0 fully saturated rings. The maximum absolute atomic E-state index is 10.1. The first-order valence-electron chi connectivity index (χ1n) is 19.8. The second-order valence-corrected chi connectivity index (χ2v) is 10.3. The van der Waals surface area contributed by atoms with Gasteiger partial charge in [-0.05, 0) is 66.7 Å². The van der Waals surface area contributed by atoms with Crippen molar-refractivity contribution in [1.29, 1.82) is 0 Å². The summed E-state index contributed by atoms with van der Waals surface area (Å²) in [5.41, 5.74) is 1.26. The van der Waals surface area contributed by atoms with E-state index >= 15 is 0 Å². The molecule has 0 saturated heterocycles. The molecule has 0 spiro atoms. The Kier molecular flexibility index (Phi) is 3.29. The average Bonchev–Trinajstić information content (AvgIpc) is 3.58. The Morgan fingerprint density at radius 1 is 0.419 bits per heavy atom. The summed E-state index contributed by atoms with van der Waals surface area (Å²) in [6.45, 7) is 0. The van der Waals surface area contributed by atoms with Crippen LogP contribution in [0.2, 0.25) is 0 Å². The lowest BCUT2D eigenvalue weighted by molar-refractivity contribution is 0.670. The lowest BCUT2D eigenvalue weighted by atomic mass is 9.84. The zero-order chi connectivity index (χ0) is 38.8. The van der Waals surface area contributed by atoms with E-state index in [9.17, 15) is 6.85 Å². The lowest BCUT2D eigenvalue weighted by Crippen LogP contribution is -1.92. The van der Waals surface area contributed by atoms with Crippen LogP contribution in [0.1, 0.15) is 16.4 Å². The third kappa shape index (κ3) is 3.65. The van der Waals surface area contributed by atoms with E-state index < -0.39 is 66.0 Å². The van der Waals surface area contributed by atoms with Gasteiger partial charge in [0.25, 0.3) is 0 Å². The van der Waals surface area contributed by atoms with E-state index in [0.29, 0.717) is 33.1 Å². The second-order valence-electron chi connectivity index (χ2n) is 10.3. The number of furan rings is 1. The normalized spacial score (nSPS) is 15.6. The summed E-state index contributed by atoms with van der Waals surface area (Å²) >= 11 is 0. The van der Waals surface area contributed by atoms with Crippen LogP contribution in [0.5, 0.6) is 0 Å². The van der Waals surface area contributed by atoms with Gasteiger partial charge in [0.2, 0.25) is 0 Å². The molecule has 0 bridgehead atoms. The van der Waals surface area contributed by atoms with Crippen molar-refractivity contribution in [2.45, 2.75) is 0 Å². The summed E-state index contributed by atoms with van der Waals surface area (Å²) in [6, 6.07) is 18.8. The summed E-state index contributed by atoms with van der Waals surface area (Å²) in [7, 11) is 0. The molecule has 0 amide bonds. The molecule has 0 aliphatic heterocycles. The number of rotatable bonds is 3. The summed E-state index contributed by atoms with van der Waals surface area (Å²) in [5, 5.41) is 2.52. The van der Waals surface area contributed by atoms with E-state index in [1.165, 1.54) is 0 Å². The summed E-state index contributed by atoms with van der Waals surface area (Å²) in [4.78, 5) is 0. The monoisotopic (exact) mass is 558 g/mol. The molecule has 43 heavy (non-hydrogen) atoms. The third-order valence-corrected chi connectivity index (χ3v) is 7.98. The molecule has 200 valence electrons. The van der Waals surface area contributed by atoms with Gasteiger partial charge in [-0.15, -0.1) is 0 Å². The maximum Gasteiger partial charge on any atom is 0.143 e. The summed E-state index contributed by atoms with van der Waals surface area (Å²) in [6.07, 6.45) is 0. The first-order valence-corrected chi connectivity index (χ1v) is 13.8. The van der Waals surface area contributed by atoms with Gasteiger partial charge in [0.05, 0.1) is 16.4 Å². The quantitative estimate of drug-likeness (QED) is 0.197. The van der Waals surface area contributed by atoms with Gasteiger partial charge in [0, 0.05) is 21.9 Å². The Hall–Kier alpha value is -5.66. The van der Waals surface area contributed by atoms with E-state index in [1.54, 1.807) is 30.3 Å². The predicted molar refractivity (Wildman–Crippen MR) is 183 cm³/mol. The summed E-state index contributed by atoms with van der Waals surface area (Å²) in [5.74, 6) is 0. The second kappa shape index (κ2) is 9.44. The smallest absolute Gasteiger partial charge is 0.143 e. The van der Waals surface area contributed by atoms with Crippen molar-refractivity contribution in [3.8, 4) is 33.4 Å². The zero-order valence-electron chi connectivity index (χ0n) is 34.5. The molecule has 0 aliphatic carbocycles. The largest absolute Gasteiger partial charge is 0.455 e. The molecule has 0 unspecified atom stereocenters. The number of para-hydroxylation sites is 2. The molecule has 1 nitrogen and oxygen atoms in total. The Balaban J connectivity index is 1.64. The standard InChI is InChI=1S/C42H26O/c1-2-13-28(14-3-1)40-33-18-6-7-19-34(33)41(37-22-11-21-36-32-17-8-9-23-39(32)43-42(36)37)38-26-29(24-25-35(38)40)31-20-10-15-27-12-4-5-16-30(27)31/h1-26H/i1D,2D,3D,6D,7D,13D,14D,18D,19D,24D,25D,26D. The lowest BCUT2D eigenvalue weighted by Gasteiger charge is -2.19. The van der Waals surface area contributed by atoms with Gasteiger partial charge in [-0.2, -0.15) is 0 Å². The van der Waals surface area contributed by atoms with Gasteiger partial charge in [-0.25, -0.2) is 0 Å². The molecule has 9 aromatic rings.